The molecule has 0 aromatic rings. The first-order chi connectivity index (χ1) is 11.6. The first-order valence-corrected chi connectivity index (χ1v) is 10.2. The van der Waals surface area contributed by atoms with E-state index in [-0.39, 0.29) is 5.97 Å². The van der Waals surface area contributed by atoms with Crippen LogP contribution in [-0.2, 0) is 14.3 Å². The number of unbranched alkanes of at least 4 members (excludes halogenated alkanes) is 11. The summed E-state index contributed by atoms with van der Waals surface area (Å²) in [5, 5.41) is 0. The van der Waals surface area contributed by atoms with E-state index in [2.05, 4.69) is 6.92 Å². The van der Waals surface area contributed by atoms with E-state index in [4.69, 9.17) is 15.2 Å². The number of esters is 1. The number of rotatable bonds is 17. The molecule has 4 nitrogen and oxygen atoms in total. The number of nitrogens with two attached hydrogens (primary N) is 1. The van der Waals surface area contributed by atoms with Gasteiger partial charge in [-0.2, -0.15) is 0 Å². The van der Waals surface area contributed by atoms with Crippen molar-refractivity contribution in [3.63, 3.8) is 0 Å². The monoisotopic (exact) mass is 343 g/mol. The fraction of sp³-hybridized carbons (Fsp3) is 0.950. The van der Waals surface area contributed by atoms with Gasteiger partial charge in [0, 0.05) is 0 Å². The number of carbonyl (C=O) groups is 1. The Bertz CT molecular complexity index is 282. The third-order valence-corrected chi connectivity index (χ3v) is 4.25. The van der Waals surface area contributed by atoms with Gasteiger partial charge in [0.15, 0.2) is 6.10 Å². The van der Waals surface area contributed by atoms with Crippen molar-refractivity contribution < 1.29 is 14.3 Å². The molecule has 0 aromatic heterocycles. The van der Waals surface area contributed by atoms with Crippen molar-refractivity contribution in [2.45, 2.75) is 117 Å². The van der Waals surface area contributed by atoms with Gasteiger partial charge in [0.1, 0.15) is 6.23 Å². The minimum atomic E-state index is -0.506. The van der Waals surface area contributed by atoms with Gasteiger partial charge in [-0.1, -0.05) is 84.0 Å². The molecule has 0 heterocycles. The molecule has 0 aliphatic carbocycles. The van der Waals surface area contributed by atoms with Gasteiger partial charge in [0.25, 0.3) is 0 Å². The molecule has 0 aliphatic heterocycles. The van der Waals surface area contributed by atoms with E-state index >= 15 is 0 Å². The lowest BCUT2D eigenvalue weighted by atomic mass is 10.0. The Kier molecular flexibility index (Phi) is 16.8. The van der Waals surface area contributed by atoms with E-state index in [1.165, 1.54) is 64.2 Å². The molecule has 0 saturated heterocycles. The molecule has 24 heavy (non-hydrogen) atoms. The molecule has 0 fully saturated rings. The topological polar surface area (TPSA) is 61.5 Å². The quantitative estimate of drug-likeness (QED) is 0.220. The highest BCUT2D eigenvalue weighted by atomic mass is 16.6. The van der Waals surface area contributed by atoms with Gasteiger partial charge in [-0.05, 0) is 20.3 Å². The van der Waals surface area contributed by atoms with E-state index in [1.807, 2.05) is 6.92 Å². The summed E-state index contributed by atoms with van der Waals surface area (Å²) < 4.78 is 10.5. The van der Waals surface area contributed by atoms with Crippen LogP contribution in [0.15, 0.2) is 0 Å². The standard InChI is InChI=1S/C20H41NO3/c1-4-6-7-8-9-10-11-12-13-14-15-16-17-19(24-18(3)21)20(22)23-5-2/h18-19H,4-17,21H2,1-3H3. The molecule has 0 saturated carbocycles. The van der Waals surface area contributed by atoms with Crippen LogP contribution < -0.4 is 5.73 Å². The fourth-order valence-electron chi connectivity index (χ4n) is 2.91. The highest BCUT2D eigenvalue weighted by molar-refractivity contribution is 5.74. The molecular formula is C20H41NO3. The van der Waals surface area contributed by atoms with Crippen molar-refractivity contribution in [3.8, 4) is 0 Å². The number of carbonyl (C=O) groups excluding carboxylic acids is 1. The zero-order chi connectivity index (χ0) is 18.0. The normalized spacial score (nSPS) is 13.7. The van der Waals surface area contributed by atoms with Crippen molar-refractivity contribution >= 4 is 5.97 Å². The van der Waals surface area contributed by atoms with Crippen molar-refractivity contribution in [1.29, 1.82) is 0 Å². The largest absolute Gasteiger partial charge is 0.464 e. The predicted octanol–water partition coefficient (Wildman–Crippen LogP) is 5.33. The van der Waals surface area contributed by atoms with Crippen LogP contribution in [0.1, 0.15) is 104 Å². The summed E-state index contributed by atoms with van der Waals surface area (Å²) in [6.45, 7) is 6.20. The second kappa shape index (κ2) is 17.2. The first-order valence-electron chi connectivity index (χ1n) is 10.2. The van der Waals surface area contributed by atoms with Gasteiger partial charge in [-0.25, -0.2) is 4.79 Å². The SMILES string of the molecule is CCCCCCCCCCCCCCC(OC(C)N)C(=O)OCC. The summed E-state index contributed by atoms with van der Waals surface area (Å²) in [5.41, 5.74) is 5.63. The summed E-state index contributed by atoms with van der Waals surface area (Å²) in [4.78, 5) is 11.8. The highest BCUT2D eigenvalue weighted by Crippen LogP contribution is 2.14. The maximum Gasteiger partial charge on any atom is 0.335 e. The van der Waals surface area contributed by atoms with Gasteiger partial charge < -0.3 is 15.2 Å². The van der Waals surface area contributed by atoms with Crippen LogP contribution in [0.4, 0.5) is 0 Å². The lowest BCUT2D eigenvalue weighted by Gasteiger charge is -2.18. The van der Waals surface area contributed by atoms with E-state index in [0.717, 1.165) is 12.8 Å². The Balaban J connectivity index is 3.52. The molecule has 0 rings (SSSR count). The minimum Gasteiger partial charge on any atom is -0.464 e. The predicted molar refractivity (Wildman–Crippen MR) is 101 cm³/mol. The molecule has 0 bridgehead atoms. The molecule has 0 amide bonds. The third kappa shape index (κ3) is 14.9. The van der Waals surface area contributed by atoms with E-state index in [0.29, 0.717) is 13.0 Å². The van der Waals surface area contributed by atoms with Crippen molar-refractivity contribution in [2.24, 2.45) is 5.73 Å². The number of ether oxygens (including phenoxy) is 2. The lowest BCUT2D eigenvalue weighted by molar-refractivity contribution is -0.160. The Labute approximate surface area is 149 Å². The Morgan fingerprint density at radius 2 is 1.29 bits per heavy atom. The molecule has 0 spiro atoms. The average molecular weight is 344 g/mol. The van der Waals surface area contributed by atoms with Crippen LogP contribution in [0.5, 0.6) is 0 Å². The minimum absolute atomic E-state index is 0.280. The number of hydrogen-bond acceptors (Lipinski definition) is 4. The van der Waals surface area contributed by atoms with Crippen LogP contribution in [0, 0.1) is 0 Å². The Morgan fingerprint density at radius 1 is 0.833 bits per heavy atom. The van der Waals surface area contributed by atoms with Crippen LogP contribution in [-0.4, -0.2) is 24.9 Å². The van der Waals surface area contributed by atoms with Crippen molar-refractivity contribution in [2.75, 3.05) is 6.61 Å². The van der Waals surface area contributed by atoms with Crippen LogP contribution in [0.25, 0.3) is 0 Å². The van der Waals surface area contributed by atoms with Crippen molar-refractivity contribution in [1.82, 2.24) is 0 Å². The summed E-state index contributed by atoms with van der Waals surface area (Å²) in [7, 11) is 0. The maximum absolute atomic E-state index is 11.8. The molecule has 4 heteroatoms. The Morgan fingerprint density at radius 3 is 1.71 bits per heavy atom. The lowest BCUT2D eigenvalue weighted by Crippen LogP contribution is -2.33. The number of hydrogen-bond donors (Lipinski definition) is 1. The molecule has 2 unspecified atom stereocenters. The second-order valence-electron chi connectivity index (χ2n) is 6.76. The summed E-state index contributed by atoms with van der Waals surface area (Å²) in [5.74, 6) is -0.280. The van der Waals surface area contributed by atoms with Crippen LogP contribution in [0.2, 0.25) is 0 Å². The zero-order valence-electron chi connectivity index (χ0n) is 16.4. The summed E-state index contributed by atoms with van der Waals surface area (Å²) in [6.07, 6.45) is 15.5. The third-order valence-electron chi connectivity index (χ3n) is 4.25. The van der Waals surface area contributed by atoms with Gasteiger partial charge in [0.05, 0.1) is 6.61 Å². The zero-order valence-corrected chi connectivity index (χ0v) is 16.4. The molecule has 2 atom stereocenters. The smallest absolute Gasteiger partial charge is 0.335 e. The highest BCUT2D eigenvalue weighted by Gasteiger charge is 2.21. The Hall–Kier alpha value is -0.610. The van der Waals surface area contributed by atoms with Gasteiger partial charge >= 0.3 is 5.97 Å². The maximum atomic E-state index is 11.8. The fourth-order valence-corrected chi connectivity index (χ4v) is 2.91. The van der Waals surface area contributed by atoms with Crippen LogP contribution in [0.3, 0.4) is 0 Å². The molecule has 0 radical (unpaired) electrons. The second-order valence-corrected chi connectivity index (χ2v) is 6.76. The van der Waals surface area contributed by atoms with E-state index in [1.54, 1.807) is 6.92 Å². The summed E-state index contributed by atoms with van der Waals surface area (Å²) in [6, 6.07) is 0. The van der Waals surface area contributed by atoms with E-state index < -0.39 is 12.3 Å². The van der Waals surface area contributed by atoms with Gasteiger partial charge in [-0.15, -0.1) is 0 Å². The average Bonchev–Trinajstić information content (AvgIpc) is 2.54. The molecule has 0 aromatic carbocycles. The molecular weight excluding hydrogens is 302 g/mol. The van der Waals surface area contributed by atoms with Gasteiger partial charge in [0.2, 0.25) is 0 Å². The van der Waals surface area contributed by atoms with Gasteiger partial charge in [-0.3, -0.25) is 0 Å². The molecule has 144 valence electrons. The summed E-state index contributed by atoms with van der Waals surface area (Å²) >= 11 is 0. The van der Waals surface area contributed by atoms with E-state index in [9.17, 15) is 4.79 Å². The van der Waals surface area contributed by atoms with Crippen molar-refractivity contribution in [3.05, 3.63) is 0 Å². The van der Waals surface area contributed by atoms with Crippen LogP contribution >= 0.6 is 0 Å². The first kappa shape index (κ1) is 23.4. The molecule has 2 N–H and O–H groups in total. The molecule has 0 aliphatic rings.